The quantitative estimate of drug-likeness (QED) is 0.357. The standard InChI is InChI=1S/C29H30N6O3/c1-20-17-22(33-27(36)26-19-35(15-16-37-26)18-21-7-4-3-5-8-21)10-11-25(20)38-28-23(9-6-13-31-28)24-12-14-32-29(30-2)34-24/h3-14,17,26H,15-16,18-19H2,1-2H3,(H,33,36)(H,30,32,34)/t26-/m1/s1. The minimum Gasteiger partial charge on any atom is -0.438 e. The van der Waals surface area contributed by atoms with E-state index < -0.39 is 6.10 Å². The number of hydrogen-bond acceptors (Lipinski definition) is 8. The van der Waals surface area contributed by atoms with Gasteiger partial charge in [0.15, 0.2) is 0 Å². The van der Waals surface area contributed by atoms with Crippen LogP contribution in [0, 0.1) is 6.92 Å². The minimum atomic E-state index is -0.532. The summed E-state index contributed by atoms with van der Waals surface area (Å²) in [7, 11) is 1.77. The maximum absolute atomic E-state index is 13.0. The van der Waals surface area contributed by atoms with Crippen LogP contribution >= 0.6 is 0 Å². The van der Waals surface area contributed by atoms with Crippen molar-refractivity contribution in [3.63, 3.8) is 0 Å². The van der Waals surface area contributed by atoms with Crippen molar-refractivity contribution in [2.24, 2.45) is 0 Å². The Bertz CT molecular complexity index is 1400. The van der Waals surface area contributed by atoms with Gasteiger partial charge in [0.2, 0.25) is 11.8 Å². The van der Waals surface area contributed by atoms with Crippen molar-refractivity contribution in [3.8, 4) is 22.9 Å². The fourth-order valence-electron chi connectivity index (χ4n) is 4.31. The van der Waals surface area contributed by atoms with Crippen LogP contribution in [0.3, 0.4) is 0 Å². The first kappa shape index (κ1) is 25.3. The fourth-order valence-corrected chi connectivity index (χ4v) is 4.31. The second kappa shape index (κ2) is 11.8. The first-order chi connectivity index (χ1) is 18.6. The summed E-state index contributed by atoms with van der Waals surface area (Å²) in [6, 6.07) is 21.3. The molecule has 0 bridgehead atoms. The Morgan fingerprint density at radius 3 is 2.76 bits per heavy atom. The molecule has 0 spiro atoms. The van der Waals surface area contributed by atoms with Crippen LogP contribution in [0.15, 0.2) is 79.1 Å². The van der Waals surface area contributed by atoms with Crippen molar-refractivity contribution in [2.75, 3.05) is 37.4 Å². The van der Waals surface area contributed by atoms with E-state index in [1.807, 2.05) is 61.5 Å². The lowest BCUT2D eigenvalue weighted by molar-refractivity contribution is -0.133. The van der Waals surface area contributed by atoms with Crippen molar-refractivity contribution in [2.45, 2.75) is 19.6 Å². The third kappa shape index (κ3) is 6.13. The zero-order valence-corrected chi connectivity index (χ0v) is 21.4. The molecular weight excluding hydrogens is 480 g/mol. The second-order valence-electron chi connectivity index (χ2n) is 9.02. The summed E-state index contributed by atoms with van der Waals surface area (Å²) in [6.45, 7) is 4.58. The van der Waals surface area contributed by atoms with Gasteiger partial charge in [-0.2, -0.15) is 0 Å². The molecule has 0 radical (unpaired) electrons. The van der Waals surface area contributed by atoms with Gasteiger partial charge in [-0.3, -0.25) is 9.69 Å². The third-order valence-corrected chi connectivity index (χ3v) is 6.27. The highest BCUT2D eigenvalue weighted by molar-refractivity contribution is 5.94. The predicted octanol–water partition coefficient (Wildman–Crippen LogP) is 4.52. The number of ether oxygens (including phenoxy) is 2. The Hall–Kier alpha value is -4.34. The van der Waals surface area contributed by atoms with Crippen molar-refractivity contribution < 1.29 is 14.3 Å². The summed E-state index contributed by atoms with van der Waals surface area (Å²) in [6.07, 6.45) is 2.83. The molecule has 3 heterocycles. The molecule has 1 aliphatic rings. The van der Waals surface area contributed by atoms with Gasteiger partial charge in [0.05, 0.1) is 17.9 Å². The summed E-state index contributed by atoms with van der Waals surface area (Å²) in [5.41, 5.74) is 4.20. The average molecular weight is 511 g/mol. The summed E-state index contributed by atoms with van der Waals surface area (Å²) in [4.78, 5) is 28.3. The topological polar surface area (TPSA) is 102 Å². The maximum atomic E-state index is 13.0. The fraction of sp³-hybridized carbons (Fsp3) is 0.241. The molecular formula is C29H30N6O3. The molecule has 1 aliphatic heterocycles. The number of anilines is 2. The van der Waals surface area contributed by atoms with Gasteiger partial charge in [-0.1, -0.05) is 30.3 Å². The number of morpholine rings is 1. The van der Waals surface area contributed by atoms with Gasteiger partial charge in [-0.15, -0.1) is 0 Å². The van der Waals surface area contributed by atoms with E-state index in [4.69, 9.17) is 9.47 Å². The summed E-state index contributed by atoms with van der Waals surface area (Å²) in [5, 5.41) is 5.94. The molecule has 1 saturated heterocycles. The van der Waals surface area contributed by atoms with Gasteiger partial charge in [-0.25, -0.2) is 15.0 Å². The number of hydrogen-bond donors (Lipinski definition) is 2. The number of aryl methyl sites for hydroxylation is 1. The zero-order chi connectivity index (χ0) is 26.3. The molecule has 38 heavy (non-hydrogen) atoms. The predicted molar refractivity (Wildman–Crippen MR) is 146 cm³/mol. The Kier molecular flexibility index (Phi) is 7.86. The van der Waals surface area contributed by atoms with Gasteiger partial charge >= 0.3 is 0 Å². The Morgan fingerprint density at radius 1 is 1.08 bits per heavy atom. The minimum absolute atomic E-state index is 0.160. The van der Waals surface area contributed by atoms with Crippen molar-refractivity contribution >= 4 is 17.5 Å². The van der Waals surface area contributed by atoms with Crippen LogP contribution in [-0.2, 0) is 16.1 Å². The molecule has 9 nitrogen and oxygen atoms in total. The van der Waals surface area contributed by atoms with Crippen LogP contribution in [0.4, 0.5) is 11.6 Å². The van der Waals surface area contributed by atoms with Crippen LogP contribution in [0.2, 0.25) is 0 Å². The van der Waals surface area contributed by atoms with Gasteiger partial charge in [0.25, 0.3) is 5.91 Å². The number of carbonyl (C=O) groups is 1. The van der Waals surface area contributed by atoms with Crippen LogP contribution in [0.25, 0.3) is 11.3 Å². The average Bonchev–Trinajstić information content (AvgIpc) is 2.95. The normalized spacial score (nSPS) is 15.6. The van der Waals surface area contributed by atoms with Crippen LogP contribution in [0.5, 0.6) is 11.6 Å². The number of carbonyl (C=O) groups excluding carboxylic acids is 1. The van der Waals surface area contributed by atoms with Gasteiger partial charge in [0, 0.05) is 44.8 Å². The third-order valence-electron chi connectivity index (χ3n) is 6.27. The first-order valence-electron chi connectivity index (χ1n) is 12.5. The van der Waals surface area contributed by atoms with Crippen LogP contribution < -0.4 is 15.4 Å². The van der Waals surface area contributed by atoms with Gasteiger partial charge in [-0.05, 0) is 54.4 Å². The Balaban J connectivity index is 1.24. The van der Waals surface area contributed by atoms with E-state index in [1.165, 1.54) is 5.56 Å². The monoisotopic (exact) mass is 510 g/mol. The molecule has 0 unspecified atom stereocenters. The number of aromatic nitrogens is 3. The number of nitrogens with zero attached hydrogens (tertiary/aromatic N) is 4. The molecule has 9 heteroatoms. The van der Waals surface area contributed by atoms with E-state index in [-0.39, 0.29) is 5.91 Å². The number of nitrogens with one attached hydrogen (secondary N) is 2. The van der Waals surface area contributed by atoms with E-state index in [0.717, 1.165) is 24.2 Å². The molecule has 1 amide bonds. The summed E-state index contributed by atoms with van der Waals surface area (Å²) in [5.74, 6) is 1.42. The maximum Gasteiger partial charge on any atom is 0.254 e. The molecule has 194 valence electrons. The molecule has 5 rings (SSSR count). The van der Waals surface area contributed by atoms with Crippen LogP contribution in [-0.4, -0.2) is 58.6 Å². The summed E-state index contributed by atoms with van der Waals surface area (Å²) < 4.78 is 12.0. The van der Waals surface area contributed by atoms with Gasteiger partial charge in [0.1, 0.15) is 11.9 Å². The highest BCUT2D eigenvalue weighted by Crippen LogP contribution is 2.33. The van der Waals surface area contributed by atoms with E-state index in [2.05, 4.69) is 42.6 Å². The SMILES string of the molecule is CNc1nccc(-c2cccnc2Oc2ccc(NC(=O)[C@H]3CN(Cc4ccccc4)CCO3)cc2C)n1. The van der Waals surface area contributed by atoms with E-state index in [0.29, 0.717) is 42.1 Å². The molecule has 4 aromatic rings. The number of rotatable bonds is 8. The molecule has 0 aliphatic carbocycles. The zero-order valence-electron chi connectivity index (χ0n) is 21.4. The van der Waals surface area contributed by atoms with Crippen molar-refractivity contribution in [1.82, 2.24) is 19.9 Å². The van der Waals surface area contributed by atoms with Crippen molar-refractivity contribution in [3.05, 3.63) is 90.3 Å². The molecule has 2 aromatic carbocycles. The number of pyridine rings is 1. The number of amides is 1. The summed E-state index contributed by atoms with van der Waals surface area (Å²) >= 11 is 0. The highest BCUT2D eigenvalue weighted by atomic mass is 16.5. The Labute approximate surface area is 221 Å². The lowest BCUT2D eigenvalue weighted by atomic mass is 10.1. The lowest BCUT2D eigenvalue weighted by Gasteiger charge is -2.32. The Morgan fingerprint density at radius 2 is 1.95 bits per heavy atom. The smallest absolute Gasteiger partial charge is 0.254 e. The highest BCUT2D eigenvalue weighted by Gasteiger charge is 2.27. The molecule has 2 aromatic heterocycles. The number of benzene rings is 2. The second-order valence-corrected chi connectivity index (χ2v) is 9.02. The molecule has 0 saturated carbocycles. The van der Waals surface area contributed by atoms with E-state index in [9.17, 15) is 4.79 Å². The molecule has 1 atom stereocenters. The molecule has 2 N–H and O–H groups in total. The lowest BCUT2D eigenvalue weighted by Crippen LogP contribution is -2.47. The van der Waals surface area contributed by atoms with E-state index in [1.54, 1.807) is 19.4 Å². The first-order valence-corrected chi connectivity index (χ1v) is 12.5. The largest absolute Gasteiger partial charge is 0.438 e. The van der Waals surface area contributed by atoms with Gasteiger partial charge < -0.3 is 20.1 Å². The van der Waals surface area contributed by atoms with E-state index >= 15 is 0 Å². The molecule has 1 fully saturated rings. The van der Waals surface area contributed by atoms with Crippen molar-refractivity contribution in [1.29, 1.82) is 0 Å². The van der Waals surface area contributed by atoms with Crippen LogP contribution in [0.1, 0.15) is 11.1 Å².